The van der Waals surface area contributed by atoms with Crippen LogP contribution in [0, 0.1) is 5.92 Å². The number of hydrogen-bond acceptors (Lipinski definition) is 3. The van der Waals surface area contributed by atoms with Crippen LogP contribution in [0.4, 0.5) is 0 Å². The molecule has 0 spiro atoms. The van der Waals surface area contributed by atoms with Gasteiger partial charge in [-0.15, -0.1) is 0 Å². The average Bonchev–Trinajstić information content (AvgIpc) is 3.26. The third-order valence-corrected chi connectivity index (χ3v) is 6.14. The summed E-state index contributed by atoms with van der Waals surface area (Å²) in [5.41, 5.74) is -0.830. The largest absolute Gasteiger partial charge is 0.454 e. The fourth-order valence-electron chi connectivity index (χ4n) is 4.31. The van der Waals surface area contributed by atoms with Crippen LogP contribution in [0.3, 0.4) is 0 Å². The molecule has 0 bridgehead atoms. The average molecular weight is 332 g/mol. The van der Waals surface area contributed by atoms with Gasteiger partial charge in [-0.1, -0.05) is 43.2 Å². The summed E-state index contributed by atoms with van der Waals surface area (Å²) in [6, 6.07) is 9.36. The molecule has 1 saturated carbocycles. The number of ether oxygens (including phenoxy) is 1. The van der Waals surface area contributed by atoms with Crippen LogP contribution in [0.15, 0.2) is 30.3 Å². The summed E-state index contributed by atoms with van der Waals surface area (Å²) in [5.74, 6) is -0.490. The van der Waals surface area contributed by atoms with Crippen molar-refractivity contribution < 1.29 is 19.1 Å². The van der Waals surface area contributed by atoms with Gasteiger partial charge < -0.3 is 14.3 Å². The fraction of sp³-hybridized carbons (Fsp3) is 0.650. The molecule has 3 rings (SSSR count). The highest BCUT2D eigenvalue weighted by Gasteiger charge is 2.49. The van der Waals surface area contributed by atoms with Crippen molar-refractivity contribution in [2.24, 2.45) is 5.92 Å². The van der Waals surface area contributed by atoms with Crippen LogP contribution < -0.4 is 0 Å². The maximum Gasteiger partial charge on any atom is 0.343 e. The molecule has 3 atom stereocenters. The Kier molecular flexibility index (Phi) is 4.97. The van der Waals surface area contributed by atoms with Crippen molar-refractivity contribution in [2.45, 2.75) is 50.7 Å². The molecule has 1 aliphatic heterocycles. The van der Waals surface area contributed by atoms with Crippen LogP contribution in [-0.4, -0.2) is 48.3 Å². The second-order valence-corrected chi connectivity index (χ2v) is 7.77. The predicted octanol–water partition coefficient (Wildman–Crippen LogP) is 2.85. The minimum absolute atomic E-state index is 0.0409. The Morgan fingerprint density at radius 2 is 1.92 bits per heavy atom. The smallest absolute Gasteiger partial charge is 0.343 e. The highest BCUT2D eigenvalue weighted by Crippen LogP contribution is 2.42. The van der Waals surface area contributed by atoms with Gasteiger partial charge in [0.2, 0.25) is 0 Å². The number of hydrogen-bond donors (Lipinski definition) is 1. The van der Waals surface area contributed by atoms with E-state index in [1.54, 1.807) is 0 Å². The van der Waals surface area contributed by atoms with E-state index in [1.165, 1.54) is 0 Å². The van der Waals surface area contributed by atoms with Crippen LogP contribution in [0.25, 0.3) is 0 Å². The number of aliphatic hydroxyl groups is 1. The first-order chi connectivity index (χ1) is 11.5. The molecule has 0 aromatic heterocycles. The summed E-state index contributed by atoms with van der Waals surface area (Å²) in [4.78, 5) is 13.0. The van der Waals surface area contributed by atoms with E-state index in [0.29, 0.717) is 5.56 Å². The van der Waals surface area contributed by atoms with E-state index in [1.807, 2.05) is 30.3 Å². The van der Waals surface area contributed by atoms with Crippen molar-refractivity contribution in [3.05, 3.63) is 35.9 Å². The Morgan fingerprint density at radius 1 is 1.25 bits per heavy atom. The zero-order valence-electron chi connectivity index (χ0n) is 14.9. The van der Waals surface area contributed by atoms with E-state index < -0.39 is 11.6 Å². The van der Waals surface area contributed by atoms with E-state index >= 15 is 0 Å². The van der Waals surface area contributed by atoms with Crippen LogP contribution >= 0.6 is 0 Å². The standard InChI is InChI=1S/C20H30NO3/c1-3-21(2)14-13-18(15-21)24-19(22)20(23,17-11-7-8-12-17)16-9-5-4-6-10-16/h4-6,9-10,17-18,23H,3,7-8,11-15H2,1-2H3/q+1/t18-,20-,21?/m1/s1. The number of nitrogens with zero attached hydrogens (tertiary/aromatic N) is 1. The molecular formula is C20H30NO3+. The highest BCUT2D eigenvalue weighted by molar-refractivity contribution is 5.81. The lowest BCUT2D eigenvalue weighted by Crippen LogP contribution is -2.46. The van der Waals surface area contributed by atoms with Crippen molar-refractivity contribution >= 4 is 5.97 Å². The summed E-state index contributed by atoms with van der Waals surface area (Å²) in [5, 5.41) is 11.4. The third-order valence-electron chi connectivity index (χ3n) is 6.14. The van der Waals surface area contributed by atoms with E-state index in [0.717, 1.165) is 56.2 Å². The summed E-state index contributed by atoms with van der Waals surface area (Å²) >= 11 is 0. The van der Waals surface area contributed by atoms with Crippen LogP contribution in [-0.2, 0) is 15.1 Å². The highest BCUT2D eigenvalue weighted by atomic mass is 16.6. The van der Waals surface area contributed by atoms with Crippen molar-refractivity contribution in [3.63, 3.8) is 0 Å². The molecule has 132 valence electrons. The van der Waals surface area contributed by atoms with E-state index in [2.05, 4.69) is 14.0 Å². The summed E-state index contributed by atoms with van der Waals surface area (Å²) in [6.45, 7) is 5.09. The van der Waals surface area contributed by atoms with Crippen LogP contribution in [0.2, 0.25) is 0 Å². The molecule has 1 aromatic carbocycles. The lowest BCUT2D eigenvalue weighted by Gasteiger charge is -2.33. The topological polar surface area (TPSA) is 46.5 Å². The van der Waals surface area contributed by atoms with Gasteiger partial charge in [0.1, 0.15) is 6.54 Å². The molecule has 1 N–H and O–H groups in total. The van der Waals surface area contributed by atoms with Gasteiger partial charge in [0.25, 0.3) is 0 Å². The first kappa shape index (κ1) is 17.4. The Hall–Kier alpha value is -1.39. The molecule has 24 heavy (non-hydrogen) atoms. The van der Waals surface area contributed by atoms with Gasteiger partial charge in [-0.25, -0.2) is 4.79 Å². The van der Waals surface area contributed by atoms with Crippen LogP contribution in [0.1, 0.15) is 44.6 Å². The maximum absolute atomic E-state index is 13.0. The molecule has 1 aliphatic carbocycles. The number of carbonyl (C=O) groups excluding carboxylic acids is 1. The number of quaternary nitrogens is 1. The number of esters is 1. The quantitative estimate of drug-likeness (QED) is 0.666. The Bertz CT molecular complexity index is 570. The molecule has 1 saturated heterocycles. The molecule has 1 heterocycles. The number of likely N-dealkylation sites (tertiary alicyclic amines) is 1. The molecular weight excluding hydrogens is 302 g/mol. The molecule has 1 unspecified atom stereocenters. The summed E-state index contributed by atoms with van der Waals surface area (Å²) in [6.07, 6.45) is 4.70. The molecule has 2 aliphatic rings. The number of benzene rings is 1. The van der Waals surface area contributed by atoms with Crippen molar-refractivity contribution in [3.8, 4) is 0 Å². The lowest BCUT2D eigenvalue weighted by atomic mass is 9.80. The van der Waals surface area contributed by atoms with Crippen molar-refractivity contribution in [1.29, 1.82) is 0 Å². The van der Waals surface area contributed by atoms with Gasteiger partial charge in [-0.05, 0) is 25.3 Å². The summed E-state index contributed by atoms with van der Waals surface area (Å²) < 4.78 is 6.77. The first-order valence-electron chi connectivity index (χ1n) is 9.30. The van der Waals surface area contributed by atoms with E-state index in [-0.39, 0.29) is 12.0 Å². The van der Waals surface area contributed by atoms with Gasteiger partial charge >= 0.3 is 5.97 Å². The second kappa shape index (κ2) is 6.85. The maximum atomic E-state index is 13.0. The Morgan fingerprint density at radius 3 is 2.50 bits per heavy atom. The zero-order valence-corrected chi connectivity index (χ0v) is 14.9. The van der Waals surface area contributed by atoms with E-state index in [9.17, 15) is 9.90 Å². The Balaban J connectivity index is 1.80. The minimum atomic E-state index is -1.50. The van der Waals surface area contributed by atoms with Gasteiger partial charge in [0.05, 0.1) is 20.1 Å². The molecule has 1 aromatic rings. The molecule has 2 fully saturated rings. The fourth-order valence-corrected chi connectivity index (χ4v) is 4.31. The van der Waals surface area contributed by atoms with Crippen molar-refractivity contribution in [1.82, 2.24) is 0 Å². The molecule has 0 radical (unpaired) electrons. The lowest BCUT2D eigenvalue weighted by molar-refractivity contribution is -0.897. The number of rotatable bonds is 5. The van der Waals surface area contributed by atoms with Crippen molar-refractivity contribution in [2.75, 3.05) is 26.7 Å². The van der Waals surface area contributed by atoms with Gasteiger partial charge in [-0.3, -0.25) is 0 Å². The van der Waals surface area contributed by atoms with Crippen LogP contribution in [0.5, 0.6) is 0 Å². The Labute approximate surface area is 145 Å². The number of likely N-dealkylation sites (N-methyl/N-ethyl adjacent to an activating group) is 1. The zero-order chi connectivity index (χ0) is 17.2. The van der Waals surface area contributed by atoms with E-state index in [4.69, 9.17) is 4.74 Å². The number of carbonyl (C=O) groups is 1. The van der Waals surface area contributed by atoms with Gasteiger partial charge in [0.15, 0.2) is 11.7 Å². The van der Waals surface area contributed by atoms with Gasteiger partial charge in [-0.2, -0.15) is 0 Å². The normalized spacial score (nSPS) is 30.2. The SMILES string of the molecule is CC[N+]1(C)CC[C@@H](OC(=O)[C@@](O)(c2ccccc2)C2CCCC2)C1. The predicted molar refractivity (Wildman–Crippen MR) is 93.3 cm³/mol. The third kappa shape index (κ3) is 3.22. The molecule has 4 heteroatoms. The molecule has 4 nitrogen and oxygen atoms in total. The second-order valence-electron chi connectivity index (χ2n) is 7.77. The van der Waals surface area contributed by atoms with Gasteiger partial charge in [0, 0.05) is 12.3 Å². The first-order valence-corrected chi connectivity index (χ1v) is 9.30. The molecule has 0 amide bonds. The summed E-state index contributed by atoms with van der Waals surface area (Å²) in [7, 11) is 2.20. The minimum Gasteiger partial charge on any atom is -0.454 e. The monoisotopic (exact) mass is 332 g/mol.